The Morgan fingerprint density at radius 1 is 1.36 bits per heavy atom. The number of ether oxygens (including phenoxy) is 1. The molecule has 1 atom stereocenters. The van der Waals surface area contributed by atoms with E-state index in [2.05, 4.69) is 10.2 Å². The van der Waals surface area contributed by atoms with Gasteiger partial charge in [-0.25, -0.2) is 0 Å². The number of likely N-dealkylation sites (tertiary alicyclic amines) is 1. The van der Waals surface area contributed by atoms with Gasteiger partial charge in [-0.05, 0) is 24.3 Å². The second-order valence-corrected chi connectivity index (χ2v) is 5.03. The summed E-state index contributed by atoms with van der Waals surface area (Å²) in [5.74, 6) is 0.385. The number of nitriles is 1. The average Bonchev–Trinajstić information content (AvgIpc) is 3.03. The minimum absolute atomic E-state index is 0.0812. The Morgan fingerprint density at radius 3 is 3.05 bits per heavy atom. The molecule has 1 aliphatic rings. The van der Waals surface area contributed by atoms with Crippen molar-refractivity contribution in [1.82, 2.24) is 15.1 Å². The lowest BCUT2D eigenvalue weighted by atomic mass is 10.1. The predicted octanol–water partition coefficient (Wildman–Crippen LogP) is 1.64. The van der Waals surface area contributed by atoms with Gasteiger partial charge < -0.3 is 9.64 Å². The van der Waals surface area contributed by atoms with Crippen LogP contribution in [0.4, 0.5) is 0 Å². The molecule has 1 fully saturated rings. The molecule has 1 aromatic heterocycles. The molecule has 2 heterocycles. The molecule has 1 aliphatic heterocycles. The zero-order valence-corrected chi connectivity index (χ0v) is 11.8. The second-order valence-electron chi connectivity index (χ2n) is 5.03. The first-order valence-corrected chi connectivity index (χ1v) is 7.00. The summed E-state index contributed by atoms with van der Waals surface area (Å²) in [6.45, 7) is 1.13. The van der Waals surface area contributed by atoms with Gasteiger partial charge in [0.2, 0.25) is 5.88 Å². The van der Waals surface area contributed by atoms with E-state index in [1.165, 1.54) is 0 Å². The zero-order valence-electron chi connectivity index (χ0n) is 11.8. The number of nitrogens with zero attached hydrogens (tertiary/aromatic N) is 4. The van der Waals surface area contributed by atoms with Gasteiger partial charge in [0.1, 0.15) is 6.10 Å². The van der Waals surface area contributed by atoms with Gasteiger partial charge in [0.05, 0.1) is 18.2 Å². The van der Waals surface area contributed by atoms with E-state index in [9.17, 15) is 4.79 Å². The summed E-state index contributed by atoms with van der Waals surface area (Å²) >= 11 is 0. The minimum atomic E-state index is -0.0835. The molecule has 0 bridgehead atoms. The Bertz CT molecular complexity index is 712. The van der Waals surface area contributed by atoms with Crippen molar-refractivity contribution < 1.29 is 9.53 Å². The van der Waals surface area contributed by atoms with E-state index >= 15 is 0 Å². The van der Waals surface area contributed by atoms with Gasteiger partial charge in [-0.1, -0.05) is 6.07 Å². The lowest BCUT2D eigenvalue weighted by molar-refractivity contribution is 0.0771. The van der Waals surface area contributed by atoms with Gasteiger partial charge in [0, 0.05) is 30.8 Å². The third kappa shape index (κ3) is 3.04. The maximum atomic E-state index is 12.4. The second kappa shape index (κ2) is 6.22. The Hall–Kier alpha value is -2.94. The van der Waals surface area contributed by atoms with Crippen LogP contribution in [0.15, 0.2) is 42.6 Å². The molecule has 1 amide bonds. The van der Waals surface area contributed by atoms with Crippen molar-refractivity contribution in [3.05, 3.63) is 53.7 Å². The summed E-state index contributed by atoms with van der Waals surface area (Å²) in [7, 11) is 0. The fraction of sp³-hybridized carbons (Fsp3) is 0.250. The fourth-order valence-corrected chi connectivity index (χ4v) is 2.43. The number of amides is 1. The van der Waals surface area contributed by atoms with E-state index in [-0.39, 0.29) is 12.0 Å². The van der Waals surface area contributed by atoms with Crippen LogP contribution in [0.5, 0.6) is 5.88 Å². The van der Waals surface area contributed by atoms with Gasteiger partial charge in [0.25, 0.3) is 5.91 Å². The number of rotatable bonds is 3. The first kappa shape index (κ1) is 14.0. The van der Waals surface area contributed by atoms with Crippen molar-refractivity contribution in [3.63, 3.8) is 0 Å². The van der Waals surface area contributed by atoms with E-state index < -0.39 is 0 Å². The molecule has 22 heavy (non-hydrogen) atoms. The molecule has 2 aromatic rings. The molecular formula is C16H14N4O2. The smallest absolute Gasteiger partial charge is 0.254 e. The van der Waals surface area contributed by atoms with Gasteiger partial charge in [-0.15, -0.1) is 5.10 Å². The Morgan fingerprint density at radius 2 is 2.27 bits per heavy atom. The largest absolute Gasteiger partial charge is 0.471 e. The number of aromatic nitrogens is 2. The molecule has 1 aromatic carbocycles. The number of benzene rings is 1. The van der Waals surface area contributed by atoms with Crippen LogP contribution in [-0.4, -0.2) is 40.2 Å². The summed E-state index contributed by atoms with van der Waals surface area (Å²) in [5, 5.41) is 16.6. The van der Waals surface area contributed by atoms with Gasteiger partial charge in [-0.2, -0.15) is 10.4 Å². The van der Waals surface area contributed by atoms with Gasteiger partial charge >= 0.3 is 0 Å². The summed E-state index contributed by atoms with van der Waals surface area (Å²) in [5.41, 5.74) is 1.01. The molecule has 0 saturated carbocycles. The maximum absolute atomic E-state index is 12.4. The Labute approximate surface area is 128 Å². The zero-order chi connectivity index (χ0) is 15.4. The number of hydrogen-bond acceptors (Lipinski definition) is 5. The van der Waals surface area contributed by atoms with Crippen molar-refractivity contribution in [3.8, 4) is 11.9 Å². The highest BCUT2D eigenvalue weighted by Crippen LogP contribution is 2.18. The molecule has 1 saturated heterocycles. The van der Waals surface area contributed by atoms with Crippen molar-refractivity contribution in [2.24, 2.45) is 0 Å². The topological polar surface area (TPSA) is 79.1 Å². The van der Waals surface area contributed by atoms with Crippen LogP contribution in [0, 0.1) is 11.3 Å². The van der Waals surface area contributed by atoms with Crippen LogP contribution < -0.4 is 4.74 Å². The number of hydrogen-bond donors (Lipinski definition) is 0. The van der Waals surface area contributed by atoms with Crippen LogP contribution in [0.3, 0.4) is 0 Å². The van der Waals surface area contributed by atoms with Crippen molar-refractivity contribution in [1.29, 1.82) is 5.26 Å². The highest BCUT2D eigenvalue weighted by molar-refractivity contribution is 5.94. The van der Waals surface area contributed by atoms with Crippen LogP contribution in [-0.2, 0) is 0 Å². The van der Waals surface area contributed by atoms with E-state index in [0.717, 1.165) is 6.42 Å². The predicted molar refractivity (Wildman–Crippen MR) is 78.1 cm³/mol. The fourth-order valence-electron chi connectivity index (χ4n) is 2.43. The summed E-state index contributed by atoms with van der Waals surface area (Å²) in [4.78, 5) is 14.2. The third-order valence-corrected chi connectivity index (χ3v) is 3.51. The normalized spacial score (nSPS) is 17.0. The molecule has 0 aliphatic carbocycles. The standard InChI is InChI=1S/C16H14N4O2/c17-10-12-3-1-4-13(9-12)16(21)20-8-6-14(11-20)22-15-5-2-7-18-19-15/h1-5,7,9,14H,6,8,11H2/t14-/m1/s1. The quantitative estimate of drug-likeness (QED) is 0.860. The third-order valence-electron chi connectivity index (χ3n) is 3.51. The molecule has 0 radical (unpaired) electrons. The maximum Gasteiger partial charge on any atom is 0.254 e. The van der Waals surface area contributed by atoms with Gasteiger partial charge in [0.15, 0.2) is 0 Å². The Balaban J connectivity index is 1.64. The molecule has 3 rings (SSSR count). The van der Waals surface area contributed by atoms with E-state index in [4.69, 9.17) is 10.00 Å². The first-order valence-electron chi connectivity index (χ1n) is 7.00. The highest BCUT2D eigenvalue weighted by Gasteiger charge is 2.28. The summed E-state index contributed by atoms with van der Waals surface area (Å²) < 4.78 is 5.72. The lowest BCUT2D eigenvalue weighted by Crippen LogP contribution is -2.31. The molecule has 6 nitrogen and oxygen atoms in total. The summed E-state index contributed by atoms with van der Waals surface area (Å²) in [6, 6.07) is 12.3. The van der Waals surface area contributed by atoms with Gasteiger partial charge in [-0.3, -0.25) is 4.79 Å². The highest BCUT2D eigenvalue weighted by atomic mass is 16.5. The average molecular weight is 294 g/mol. The monoisotopic (exact) mass is 294 g/mol. The molecule has 6 heteroatoms. The van der Waals surface area contributed by atoms with Crippen molar-refractivity contribution in [2.45, 2.75) is 12.5 Å². The minimum Gasteiger partial charge on any atom is -0.471 e. The van der Waals surface area contributed by atoms with Crippen LogP contribution in [0.1, 0.15) is 22.3 Å². The molecule has 0 unspecified atom stereocenters. The number of carbonyl (C=O) groups is 1. The van der Waals surface area contributed by atoms with E-state index in [1.807, 2.05) is 6.07 Å². The van der Waals surface area contributed by atoms with Crippen LogP contribution >= 0.6 is 0 Å². The van der Waals surface area contributed by atoms with Crippen molar-refractivity contribution >= 4 is 5.91 Å². The van der Waals surface area contributed by atoms with Crippen LogP contribution in [0.2, 0.25) is 0 Å². The lowest BCUT2D eigenvalue weighted by Gasteiger charge is -2.17. The molecule has 0 spiro atoms. The van der Waals surface area contributed by atoms with Crippen LogP contribution in [0.25, 0.3) is 0 Å². The van der Waals surface area contributed by atoms with E-state index in [0.29, 0.717) is 30.1 Å². The molecule has 0 N–H and O–H groups in total. The molecular weight excluding hydrogens is 280 g/mol. The van der Waals surface area contributed by atoms with E-state index in [1.54, 1.807) is 47.5 Å². The summed E-state index contributed by atoms with van der Waals surface area (Å²) in [6.07, 6.45) is 2.25. The van der Waals surface area contributed by atoms with Crippen molar-refractivity contribution in [2.75, 3.05) is 13.1 Å². The number of carbonyl (C=O) groups excluding carboxylic acids is 1. The molecule has 110 valence electrons. The Kier molecular flexibility index (Phi) is 3.97. The SMILES string of the molecule is N#Cc1cccc(C(=O)N2CC[C@@H](Oc3cccnn3)C2)c1. The first-order chi connectivity index (χ1) is 10.8.